The van der Waals surface area contributed by atoms with Crippen LogP contribution in [0.25, 0.3) is 0 Å². The first-order chi connectivity index (χ1) is 7.29. The molecule has 0 aromatic heterocycles. The van der Waals surface area contributed by atoms with Gasteiger partial charge in [-0.05, 0) is 38.3 Å². The molecule has 3 saturated heterocycles. The third-order valence-electron chi connectivity index (χ3n) is 3.58. The maximum Gasteiger partial charge on any atom is 0.220 e. The maximum atomic E-state index is 11.6. The summed E-state index contributed by atoms with van der Waals surface area (Å²) in [6.07, 6.45) is 5.69. The van der Waals surface area contributed by atoms with Gasteiger partial charge in [0.25, 0.3) is 0 Å². The Bertz CT molecular complexity index is 244. The average Bonchev–Trinajstić information content (AvgIpc) is 2.28. The molecule has 0 saturated carbocycles. The number of carbonyl (C=O) groups is 1. The highest BCUT2D eigenvalue weighted by Gasteiger charge is 2.34. The van der Waals surface area contributed by atoms with E-state index in [4.69, 9.17) is 0 Å². The molecule has 3 nitrogen and oxygen atoms in total. The monoisotopic (exact) mass is 224 g/mol. The van der Waals surface area contributed by atoms with Crippen molar-refractivity contribution >= 4 is 5.91 Å². The third-order valence-corrected chi connectivity index (χ3v) is 3.58. The van der Waals surface area contributed by atoms with Gasteiger partial charge in [-0.3, -0.25) is 4.79 Å². The first-order valence-corrected chi connectivity index (χ1v) is 5.92. The summed E-state index contributed by atoms with van der Waals surface area (Å²) in [5.74, 6) is 0.913. The quantitative estimate of drug-likeness (QED) is 0.739. The predicted molar refractivity (Wildman–Crippen MR) is 67.3 cm³/mol. The Morgan fingerprint density at radius 1 is 1.44 bits per heavy atom. The lowest BCUT2D eigenvalue weighted by molar-refractivity contribution is -0.123. The minimum absolute atomic E-state index is 0. The smallest absolute Gasteiger partial charge is 0.220 e. The van der Waals surface area contributed by atoms with E-state index >= 15 is 0 Å². The van der Waals surface area contributed by atoms with Crippen LogP contribution in [0.4, 0.5) is 0 Å². The molecule has 0 radical (unpaired) electrons. The minimum atomic E-state index is 0. The molecule has 0 spiro atoms. The summed E-state index contributed by atoms with van der Waals surface area (Å²) in [4.78, 5) is 14.0. The molecule has 3 aliphatic heterocycles. The van der Waals surface area contributed by atoms with E-state index < -0.39 is 0 Å². The zero-order valence-corrected chi connectivity index (χ0v) is 9.24. The van der Waals surface area contributed by atoms with Gasteiger partial charge in [-0.2, -0.15) is 0 Å². The van der Waals surface area contributed by atoms with Crippen molar-refractivity contribution in [2.45, 2.75) is 39.2 Å². The highest BCUT2D eigenvalue weighted by molar-refractivity contribution is 5.76. The van der Waals surface area contributed by atoms with Gasteiger partial charge in [0.15, 0.2) is 0 Å². The number of fused-ring (bicyclic) bond motifs is 3. The van der Waals surface area contributed by atoms with Gasteiger partial charge in [-0.25, -0.2) is 0 Å². The molecule has 1 unspecified atom stereocenters. The van der Waals surface area contributed by atoms with Crippen LogP contribution in [0.2, 0.25) is 0 Å². The largest absolute Gasteiger partial charge is 0.352 e. The number of carbonyl (C=O) groups excluding carboxylic acids is 1. The molecule has 3 heterocycles. The summed E-state index contributed by atoms with van der Waals surface area (Å²) in [6, 6.07) is 0.407. The molecule has 2 bridgehead atoms. The molecule has 0 aliphatic carbocycles. The van der Waals surface area contributed by atoms with Crippen LogP contribution in [0, 0.1) is 5.92 Å². The van der Waals surface area contributed by atoms with Gasteiger partial charge < -0.3 is 10.2 Å². The lowest BCUT2D eigenvalue weighted by atomic mass is 9.84. The molecule has 3 fully saturated rings. The Hall–Kier alpha value is -0.830. The van der Waals surface area contributed by atoms with E-state index in [1.165, 1.54) is 25.9 Å². The van der Waals surface area contributed by atoms with Crippen LogP contribution in [0.1, 0.15) is 33.1 Å². The number of allylic oxidation sites excluding steroid dienone is 1. The standard InChI is InChI=1S/C12H20N2O.CH4/c1-2-3-4-12(15)13-11-9-14-7-5-10(11)6-8-14;/h2,10-11H,1,3-9H2,(H,13,15);1H4. The number of piperidine rings is 3. The number of hydrogen-bond donors (Lipinski definition) is 1. The van der Waals surface area contributed by atoms with Crippen LogP contribution in [-0.2, 0) is 4.79 Å². The third kappa shape index (κ3) is 3.08. The number of rotatable bonds is 4. The van der Waals surface area contributed by atoms with Gasteiger partial charge in [0.1, 0.15) is 0 Å². The summed E-state index contributed by atoms with van der Waals surface area (Å²) in [6.45, 7) is 7.14. The predicted octanol–water partition coefficient (Wildman–Crippen LogP) is 1.80. The first kappa shape index (κ1) is 13.2. The fourth-order valence-electron chi connectivity index (χ4n) is 2.64. The average molecular weight is 224 g/mol. The van der Waals surface area contributed by atoms with Crippen LogP contribution in [0.15, 0.2) is 12.7 Å². The second-order valence-corrected chi connectivity index (χ2v) is 4.64. The summed E-state index contributed by atoms with van der Waals surface area (Å²) in [5.41, 5.74) is 0. The van der Waals surface area contributed by atoms with Crippen LogP contribution >= 0.6 is 0 Å². The van der Waals surface area contributed by atoms with Gasteiger partial charge in [0.05, 0.1) is 0 Å². The summed E-state index contributed by atoms with van der Waals surface area (Å²) in [5, 5.41) is 3.16. The molecule has 0 aromatic carbocycles. The first-order valence-electron chi connectivity index (χ1n) is 5.92. The molecular formula is C13H24N2O. The van der Waals surface area contributed by atoms with Crippen molar-refractivity contribution in [3.8, 4) is 0 Å². The van der Waals surface area contributed by atoms with E-state index in [0.717, 1.165) is 18.9 Å². The summed E-state index contributed by atoms with van der Waals surface area (Å²) >= 11 is 0. The fraction of sp³-hybridized carbons (Fsp3) is 0.769. The van der Waals surface area contributed by atoms with Crippen molar-refractivity contribution in [2.75, 3.05) is 19.6 Å². The molecule has 3 aliphatic rings. The van der Waals surface area contributed by atoms with E-state index in [2.05, 4.69) is 16.8 Å². The van der Waals surface area contributed by atoms with E-state index in [0.29, 0.717) is 12.5 Å². The lowest BCUT2D eigenvalue weighted by Gasteiger charge is -2.44. The Morgan fingerprint density at radius 3 is 2.62 bits per heavy atom. The van der Waals surface area contributed by atoms with E-state index in [1.54, 1.807) is 6.08 Å². The van der Waals surface area contributed by atoms with Crippen molar-refractivity contribution in [1.82, 2.24) is 10.2 Å². The Kier molecular flexibility index (Phi) is 5.00. The van der Waals surface area contributed by atoms with Gasteiger partial charge >= 0.3 is 0 Å². The molecule has 1 amide bonds. The van der Waals surface area contributed by atoms with Gasteiger partial charge in [-0.1, -0.05) is 13.5 Å². The summed E-state index contributed by atoms with van der Waals surface area (Å²) < 4.78 is 0. The fourth-order valence-corrected chi connectivity index (χ4v) is 2.64. The zero-order chi connectivity index (χ0) is 10.7. The molecule has 0 aromatic rings. The number of amides is 1. The van der Waals surface area contributed by atoms with Gasteiger partial charge in [-0.15, -0.1) is 6.58 Å². The Labute approximate surface area is 98.9 Å². The van der Waals surface area contributed by atoms with Crippen molar-refractivity contribution in [3.63, 3.8) is 0 Å². The van der Waals surface area contributed by atoms with Crippen molar-refractivity contribution in [2.24, 2.45) is 5.92 Å². The number of nitrogens with one attached hydrogen (secondary N) is 1. The lowest BCUT2D eigenvalue weighted by Crippen LogP contribution is -2.57. The van der Waals surface area contributed by atoms with E-state index in [1.807, 2.05) is 0 Å². The Balaban J connectivity index is 0.00000128. The zero-order valence-electron chi connectivity index (χ0n) is 9.24. The normalized spacial score (nSPS) is 31.6. The van der Waals surface area contributed by atoms with Crippen molar-refractivity contribution in [1.29, 1.82) is 0 Å². The molecule has 3 rings (SSSR count). The molecule has 16 heavy (non-hydrogen) atoms. The second-order valence-electron chi connectivity index (χ2n) is 4.64. The van der Waals surface area contributed by atoms with Crippen LogP contribution < -0.4 is 5.32 Å². The van der Waals surface area contributed by atoms with Crippen molar-refractivity contribution < 1.29 is 4.79 Å². The van der Waals surface area contributed by atoms with Crippen molar-refractivity contribution in [3.05, 3.63) is 12.7 Å². The van der Waals surface area contributed by atoms with Crippen LogP contribution in [0.5, 0.6) is 0 Å². The van der Waals surface area contributed by atoms with Crippen LogP contribution in [-0.4, -0.2) is 36.5 Å². The molecular weight excluding hydrogens is 200 g/mol. The molecule has 92 valence electrons. The maximum absolute atomic E-state index is 11.6. The van der Waals surface area contributed by atoms with Gasteiger partial charge in [0.2, 0.25) is 5.91 Å². The van der Waals surface area contributed by atoms with E-state index in [-0.39, 0.29) is 13.3 Å². The van der Waals surface area contributed by atoms with E-state index in [9.17, 15) is 4.79 Å². The van der Waals surface area contributed by atoms with Crippen LogP contribution in [0.3, 0.4) is 0 Å². The number of nitrogens with zero attached hydrogens (tertiary/aromatic N) is 1. The van der Waals surface area contributed by atoms with Gasteiger partial charge in [0, 0.05) is 19.0 Å². The Morgan fingerprint density at radius 2 is 2.12 bits per heavy atom. The SMILES string of the molecule is C.C=CCCC(=O)NC1CN2CCC1CC2. The molecule has 1 atom stereocenters. The summed E-state index contributed by atoms with van der Waals surface area (Å²) in [7, 11) is 0. The molecule has 3 heteroatoms. The number of hydrogen-bond acceptors (Lipinski definition) is 2. The molecule has 1 N–H and O–H groups in total. The highest BCUT2D eigenvalue weighted by atomic mass is 16.1. The minimum Gasteiger partial charge on any atom is -0.352 e. The highest BCUT2D eigenvalue weighted by Crippen LogP contribution is 2.27. The topological polar surface area (TPSA) is 32.3 Å². The second kappa shape index (κ2) is 6.04.